The van der Waals surface area contributed by atoms with Gasteiger partial charge in [0.15, 0.2) is 5.82 Å². The fourth-order valence-electron chi connectivity index (χ4n) is 8.37. The van der Waals surface area contributed by atoms with Gasteiger partial charge in [-0.15, -0.1) is 0 Å². The topological polar surface area (TPSA) is 38.7 Å². The summed E-state index contributed by atoms with van der Waals surface area (Å²) in [6.45, 7) is 4.74. The van der Waals surface area contributed by atoms with Gasteiger partial charge in [0.25, 0.3) is 0 Å². The van der Waals surface area contributed by atoms with Crippen LogP contribution >= 0.6 is 0 Å². The molecule has 3 nitrogen and oxygen atoms in total. The molecule has 0 fully saturated rings. The number of nitrogens with zero attached hydrogens (tertiary/aromatic N) is 3. The highest BCUT2D eigenvalue weighted by Crippen LogP contribution is 2.52. The minimum Gasteiger partial charge on any atom is -0.264 e. The van der Waals surface area contributed by atoms with E-state index in [1.54, 1.807) is 0 Å². The van der Waals surface area contributed by atoms with Gasteiger partial charge >= 0.3 is 0 Å². The number of fused-ring (bicyclic) bond motifs is 5. The minimum absolute atomic E-state index is 0.169. The standard InChI is InChI=1S/C52H37N3/c1-52(2)47-31-39(23-24-45(47)46-25-22-34-13-9-10-21-44(34)50(46)52)42-28-41(38-19-11-18-37(27-38)40-20-12-26-53-33-40)29-43(30-42)51-54-48(35-14-5-3-6-15-35)32-49(55-51)36-16-7-4-8-17-36/h3-33H,1-2H3. The van der Waals surface area contributed by atoms with Gasteiger partial charge in [0.1, 0.15) is 0 Å². The molecule has 0 N–H and O–H groups in total. The van der Waals surface area contributed by atoms with Crippen LogP contribution in [0.25, 0.3) is 89.2 Å². The third kappa shape index (κ3) is 5.82. The Morgan fingerprint density at radius 3 is 1.65 bits per heavy atom. The van der Waals surface area contributed by atoms with Crippen molar-refractivity contribution in [1.82, 2.24) is 15.0 Å². The van der Waals surface area contributed by atoms with Gasteiger partial charge in [-0.1, -0.05) is 147 Å². The molecule has 55 heavy (non-hydrogen) atoms. The van der Waals surface area contributed by atoms with E-state index >= 15 is 0 Å². The molecule has 0 atom stereocenters. The van der Waals surface area contributed by atoms with Gasteiger partial charge in [-0.3, -0.25) is 4.98 Å². The molecule has 2 heterocycles. The monoisotopic (exact) mass is 703 g/mol. The second kappa shape index (κ2) is 13.2. The number of pyridine rings is 1. The maximum Gasteiger partial charge on any atom is 0.160 e. The largest absolute Gasteiger partial charge is 0.264 e. The van der Waals surface area contributed by atoms with Crippen molar-refractivity contribution in [2.24, 2.45) is 0 Å². The summed E-state index contributed by atoms with van der Waals surface area (Å²) in [6.07, 6.45) is 3.73. The molecular formula is C52H37N3. The van der Waals surface area contributed by atoms with Gasteiger partial charge in [-0.05, 0) is 103 Å². The molecule has 10 rings (SSSR count). The fourth-order valence-corrected chi connectivity index (χ4v) is 8.37. The van der Waals surface area contributed by atoms with E-state index in [1.165, 1.54) is 33.0 Å². The molecule has 0 saturated carbocycles. The zero-order valence-corrected chi connectivity index (χ0v) is 30.7. The first kappa shape index (κ1) is 32.7. The van der Waals surface area contributed by atoms with Crippen molar-refractivity contribution in [2.45, 2.75) is 19.3 Å². The summed E-state index contributed by atoms with van der Waals surface area (Å²) < 4.78 is 0. The maximum atomic E-state index is 5.25. The Kier molecular flexibility index (Phi) is 7.81. The summed E-state index contributed by atoms with van der Waals surface area (Å²) in [5.74, 6) is 0.687. The third-order valence-electron chi connectivity index (χ3n) is 11.1. The summed E-state index contributed by atoms with van der Waals surface area (Å²) in [7, 11) is 0. The van der Waals surface area contributed by atoms with E-state index in [2.05, 4.69) is 177 Å². The van der Waals surface area contributed by atoms with E-state index < -0.39 is 0 Å². The highest BCUT2D eigenvalue weighted by Gasteiger charge is 2.37. The normalized spacial score (nSPS) is 12.7. The lowest BCUT2D eigenvalue weighted by molar-refractivity contribution is 0.666. The van der Waals surface area contributed by atoms with Crippen molar-refractivity contribution in [3.05, 3.63) is 199 Å². The molecule has 0 saturated heterocycles. The van der Waals surface area contributed by atoms with Crippen LogP contribution in [-0.4, -0.2) is 15.0 Å². The molecular weight excluding hydrogens is 667 g/mol. The zero-order valence-electron chi connectivity index (χ0n) is 30.7. The molecule has 3 heteroatoms. The van der Waals surface area contributed by atoms with Crippen molar-refractivity contribution in [2.75, 3.05) is 0 Å². The summed E-state index contributed by atoms with van der Waals surface area (Å²) >= 11 is 0. The number of hydrogen-bond donors (Lipinski definition) is 0. The van der Waals surface area contributed by atoms with E-state index in [-0.39, 0.29) is 5.41 Å². The first-order valence-corrected chi connectivity index (χ1v) is 18.8. The molecule has 1 aliphatic carbocycles. The van der Waals surface area contributed by atoms with Gasteiger partial charge in [-0.25, -0.2) is 9.97 Å². The van der Waals surface area contributed by atoms with E-state index in [0.717, 1.165) is 61.5 Å². The second-order valence-electron chi connectivity index (χ2n) is 14.9. The zero-order chi connectivity index (χ0) is 36.9. The van der Waals surface area contributed by atoms with Crippen LogP contribution in [0.1, 0.15) is 25.0 Å². The predicted molar refractivity (Wildman–Crippen MR) is 228 cm³/mol. The van der Waals surface area contributed by atoms with Gasteiger partial charge in [0.2, 0.25) is 0 Å². The van der Waals surface area contributed by atoms with E-state index in [4.69, 9.17) is 9.97 Å². The SMILES string of the molecule is CC1(C)c2cc(-c3cc(-c4cccc(-c5cccnc5)c4)cc(-c4nc(-c5ccccc5)cc(-c5ccccc5)n4)c3)ccc2-c2ccc3ccccc3c21. The molecule has 0 unspecified atom stereocenters. The van der Waals surface area contributed by atoms with E-state index in [9.17, 15) is 0 Å². The average molecular weight is 704 g/mol. The van der Waals surface area contributed by atoms with Crippen LogP contribution in [0.3, 0.4) is 0 Å². The smallest absolute Gasteiger partial charge is 0.160 e. The van der Waals surface area contributed by atoms with Gasteiger partial charge < -0.3 is 0 Å². The van der Waals surface area contributed by atoms with Crippen molar-refractivity contribution in [3.63, 3.8) is 0 Å². The quantitative estimate of drug-likeness (QED) is 0.173. The van der Waals surface area contributed by atoms with Crippen molar-refractivity contribution in [1.29, 1.82) is 0 Å². The average Bonchev–Trinajstić information content (AvgIpc) is 3.49. The van der Waals surface area contributed by atoms with Gasteiger partial charge in [0, 0.05) is 40.1 Å². The van der Waals surface area contributed by atoms with Crippen molar-refractivity contribution in [3.8, 4) is 78.4 Å². The van der Waals surface area contributed by atoms with E-state index in [0.29, 0.717) is 5.82 Å². The van der Waals surface area contributed by atoms with Gasteiger partial charge in [-0.2, -0.15) is 0 Å². The Hall–Kier alpha value is -6.97. The Labute approximate surface area is 321 Å². The van der Waals surface area contributed by atoms with Crippen LogP contribution in [0.2, 0.25) is 0 Å². The van der Waals surface area contributed by atoms with Crippen LogP contribution in [-0.2, 0) is 5.41 Å². The summed E-state index contributed by atoms with van der Waals surface area (Å²) in [5, 5.41) is 2.60. The summed E-state index contributed by atoms with van der Waals surface area (Å²) in [6, 6.07) is 62.8. The molecule has 0 aliphatic heterocycles. The van der Waals surface area contributed by atoms with Crippen molar-refractivity contribution >= 4 is 10.8 Å². The number of rotatable bonds is 6. The summed E-state index contributed by atoms with van der Waals surface area (Å²) in [5.41, 5.74) is 16.8. The van der Waals surface area contributed by atoms with Crippen molar-refractivity contribution < 1.29 is 0 Å². The highest BCUT2D eigenvalue weighted by atomic mass is 14.9. The van der Waals surface area contributed by atoms with E-state index in [1.807, 2.05) is 30.6 Å². The van der Waals surface area contributed by atoms with Crippen LogP contribution in [0.5, 0.6) is 0 Å². The predicted octanol–water partition coefficient (Wildman–Crippen LogP) is 13.3. The first-order valence-electron chi connectivity index (χ1n) is 18.8. The van der Waals surface area contributed by atoms with Gasteiger partial charge in [0.05, 0.1) is 11.4 Å². The van der Waals surface area contributed by atoms with Crippen LogP contribution < -0.4 is 0 Å². The Balaban J connectivity index is 1.17. The fraction of sp³-hybridized carbons (Fsp3) is 0.0577. The Morgan fingerprint density at radius 1 is 0.400 bits per heavy atom. The minimum atomic E-state index is -0.169. The van der Waals surface area contributed by atoms with Crippen LogP contribution in [0, 0.1) is 0 Å². The Bertz CT molecular complexity index is 2820. The highest BCUT2D eigenvalue weighted by molar-refractivity contribution is 5.98. The molecule has 2 aromatic heterocycles. The molecule has 1 aliphatic rings. The molecule has 9 aromatic rings. The lowest BCUT2D eigenvalue weighted by Gasteiger charge is -2.23. The Morgan fingerprint density at radius 2 is 0.964 bits per heavy atom. The van der Waals surface area contributed by atoms with Crippen LogP contribution in [0.4, 0.5) is 0 Å². The number of benzene rings is 7. The second-order valence-corrected chi connectivity index (χ2v) is 14.9. The lowest BCUT2D eigenvalue weighted by Crippen LogP contribution is -2.15. The third-order valence-corrected chi connectivity index (χ3v) is 11.1. The molecule has 260 valence electrons. The molecule has 7 aromatic carbocycles. The molecule has 0 bridgehead atoms. The first-order chi connectivity index (χ1) is 27.0. The molecule has 0 spiro atoms. The number of aromatic nitrogens is 3. The maximum absolute atomic E-state index is 5.25. The molecule has 0 radical (unpaired) electrons. The number of hydrogen-bond acceptors (Lipinski definition) is 3. The lowest BCUT2D eigenvalue weighted by atomic mass is 9.79. The molecule has 0 amide bonds. The van der Waals surface area contributed by atoms with Crippen LogP contribution in [0.15, 0.2) is 188 Å². The summed E-state index contributed by atoms with van der Waals surface area (Å²) in [4.78, 5) is 14.9.